The molecule has 0 saturated carbocycles. The lowest BCUT2D eigenvalue weighted by atomic mass is 10.3. The summed E-state index contributed by atoms with van der Waals surface area (Å²) >= 11 is 0. The fraction of sp³-hybridized carbons (Fsp3) is 1.00. The molecular weight excluding hydrogens is 182 g/mol. The highest BCUT2D eigenvalue weighted by Gasteiger charge is 2.38. The van der Waals surface area contributed by atoms with Crippen LogP contribution in [-0.2, 0) is 9.13 Å². The molecule has 0 amide bonds. The molecule has 0 aromatic heterocycles. The minimum atomic E-state index is -2.09. The zero-order valence-corrected chi connectivity index (χ0v) is 8.35. The minimum Gasteiger partial charge on any atom is -0.323 e. The Hall–Kier alpha value is 0.290. The molecule has 1 aliphatic heterocycles. The van der Waals surface area contributed by atoms with E-state index >= 15 is 0 Å². The second kappa shape index (κ2) is 3.35. The SMILES string of the molecule is CP1(=O)CCCC1C[P+](=O)O. The highest BCUT2D eigenvalue weighted by molar-refractivity contribution is 7.64. The van der Waals surface area contributed by atoms with Gasteiger partial charge in [0.2, 0.25) is 0 Å². The standard InChI is InChI=1S/C6H12O3P2/c1-11(9)4-2-3-6(11)5-10(7)8/h6H,2-5H2,1H3/p+1. The molecule has 0 aliphatic carbocycles. The lowest BCUT2D eigenvalue weighted by Gasteiger charge is -2.08. The van der Waals surface area contributed by atoms with Crippen molar-refractivity contribution in [1.29, 1.82) is 0 Å². The first kappa shape index (κ1) is 9.38. The van der Waals surface area contributed by atoms with Gasteiger partial charge in [0.1, 0.15) is 0 Å². The van der Waals surface area contributed by atoms with E-state index in [0.29, 0.717) is 0 Å². The summed E-state index contributed by atoms with van der Waals surface area (Å²) in [7, 11) is -4.14. The van der Waals surface area contributed by atoms with Crippen molar-refractivity contribution in [3.8, 4) is 0 Å². The summed E-state index contributed by atoms with van der Waals surface area (Å²) in [5, 5.41) is 0. The predicted octanol–water partition coefficient (Wildman–Crippen LogP) is 1.88. The summed E-state index contributed by atoms with van der Waals surface area (Å²) in [6, 6.07) is 0. The van der Waals surface area contributed by atoms with E-state index in [0.717, 1.165) is 19.0 Å². The molecule has 0 spiro atoms. The molecule has 0 radical (unpaired) electrons. The molecule has 11 heavy (non-hydrogen) atoms. The van der Waals surface area contributed by atoms with E-state index in [4.69, 9.17) is 4.89 Å². The maximum Gasteiger partial charge on any atom is 0.506 e. The molecule has 1 fully saturated rings. The summed E-state index contributed by atoms with van der Waals surface area (Å²) in [4.78, 5) is 8.63. The number of hydrogen-bond acceptors (Lipinski definition) is 2. The molecule has 1 aliphatic rings. The van der Waals surface area contributed by atoms with Crippen molar-refractivity contribution in [3.05, 3.63) is 0 Å². The van der Waals surface area contributed by atoms with Gasteiger partial charge in [0.15, 0.2) is 6.16 Å². The zero-order chi connectivity index (χ0) is 8.48. The summed E-state index contributed by atoms with van der Waals surface area (Å²) in [6.45, 7) is 1.75. The predicted molar refractivity (Wildman–Crippen MR) is 46.1 cm³/mol. The van der Waals surface area contributed by atoms with Gasteiger partial charge in [0.25, 0.3) is 0 Å². The minimum absolute atomic E-state index is 0.0242. The summed E-state index contributed by atoms with van der Waals surface area (Å²) in [5.74, 6) is 0. The molecule has 3 nitrogen and oxygen atoms in total. The molecule has 0 aromatic carbocycles. The van der Waals surface area contributed by atoms with Crippen LogP contribution in [0.4, 0.5) is 0 Å². The van der Waals surface area contributed by atoms with E-state index in [1.165, 1.54) is 0 Å². The third-order valence-corrected chi connectivity index (χ3v) is 6.51. The van der Waals surface area contributed by atoms with Gasteiger partial charge in [-0.3, -0.25) is 0 Å². The van der Waals surface area contributed by atoms with Gasteiger partial charge in [-0.05, 0) is 24.1 Å². The number of hydrogen-bond donors (Lipinski definition) is 1. The van der Waals surface area contributed by atoms with Crippen molar-refractivity contribution < 1.29 is 14.0 Å². The van der Waals surface area contributed by atoms with Crippen molar-refractivity contribution in [2.45, 2.75) is 18.5 Å². The van der Waals surface area contributed by atoms with Crippen LogP contribution in [0.25, 0.3) is 0 Å². The molecule has 5 heteroatoms. The lowest BCUT2D eigenvalue weighted by Crippen LogP contribution is -2.05. The number of rotatable bonds is 2. The first-order valence-corrected chi connectivity index (χ1v) is 7.53. The maximum atomic E-state index is 11.6. The third-order valence-electron chi connectivity index (χ3n) is 2.28. The van der Waals surface area contributed by atoms with Crippen LogP contribution in [0.15, 0.2) is 0 Å². The molecule has 3 atom stereocenters. The van der Waals surface area contributed by atoms with Gasteiger partial charge in [-0.15, -0.1) is 0 Å². The Labute approximate surface area is 67.4 Å². The van der Waals surface area contributed by atoms with Crippen LogP contribution in [-0.4, -0.2) is 29.5 Å². The van der Waals surface area contributed by atoms with E-state index in [1.807, 2.05) is 0 Å². The van der Waals surface area contributed by atoms with Gasteiger partial charge >= 0.3 is 8.03 Å². The molecule has 3 unspecified atom stereocenters. The van der Waals surface area contributed by atoms with Gasteiger partial charge in [-0.1, -0.05) is 0 Å². The second-order valence-electron chi connectivity index (χ2n) is 3.23. The van der Waals surface area contributed by atoms with E-state index in [-0.39, 0.29) is 11.8 Å². The van der Waals surface area contributed by atoms with Crippen LogP contribution in [0.2, 0.25) is 0 Å². The molecule has 1 rings (SSSR count). The van der Waals surface area contributed by atoms with Gasteiger partial charge in [0.05, 0.1) is 12.8 Å². The van der Waals surface area contributed by atoms with Crippen LogP contribution < -0.4 is 0 Å². The van der Waals surface area contributed by atoms with Gasteiger partial charge < -0.3 is 4.57 Å². The Bertz CT molecular complexity index is 214. The summed E-state index contributed by atoms with van der Waals surface area (Å²) in [6.07, 6.45) is 2.83. The van der Waals surface area contributed by atoms with Gasteiger partial charge in [-0.25, -0.2) is 0 Å². The van der Waals surface area contributed by atoms with Gasteiger partial charge in [0, 0.05) is 6.16 Å². The second-order valence-corrected chi connectivity index (χ2v) is 7.82. The van der Waals surface area contributed by atoms with E-state index in [9.17, 15) is 9.13 Å². The lowest BCUT2D eigenvalue weighted by molar-refractivity contribution is 0.500. The Balaban J connectivity index is 2.58. The average molecular weight is 195 g/mol. The van der Waals surface area contributed by atoms with Crippen LogP contribution in [0, 0.1) is 0 Å². The highest BCUT2D eigenvalue weighted by atomic mass is 31.2. The Morgan fingerprint density at radius 1 is 1.73 bits per heavy atom. The van der Waals surface area contributed by atoms with Crippen LogP contribution in [0.1, 0.15) is 12.8 Å². The van der Waals surface area contributed by atoms with Crippen LogP contribution in [0.5, 0.6) is 0 Å². The zero-order valence-electron chi connectivity index (χ0n) is 6.56. The fourth-order valence-electron chi connectivity index (χ4n) is 1.54. The molecule has 64 valence electrons. The van der Waals surface area contributed by atoms with Crippen molar-refractivity contribution in [2.75, 3.05) is 19.0 Å². The third kappa shape index (κ3) is 2.37. The summed E-state index contributed by atoms with van der Waals surface area (Å²) in [5.41, 5.74) is 0.0242. The molecule has 1 saturated heterocycles. The van der Waals surface area contributed by atoms with E-state index in [2.05, 4.69) is 0 Å². The van der Waals surface area contributed by atoms with E-state index in [1.54, 1.807) is 6.66 Å². The largest absolute Gasteiger partial charge is 0.506 e. The molecule has 1 heterocycles. The smallest absolute Gasteiger partial charge is 0.323 e. The molecular formula is C6H13O3P2+. The Morgan fingerprint density at radius 2 is 2.36 bits per heavy atom. The summed E-state index contributed by atoms with van der Waals surface area (Å²) < 4.78 is 22.1. The highest BCUT2D eigenvalue weighted by Crippen LogP contribution is 2.56. The van der Waals surface area contributed by atoms with Crippen molar-refractivity contribution in [1.82, 2.24) is 0 Å². The van der Waals surface area contributed by atoms with Crippen LogP contribution >= 0.6 is 15.2 Å². The Morgan fingerprint density at radius 3 is 2.73 bits per heavy atom. The molecule has 0 aromatic rings. The molecule has 0 bridgehead atoms. The van der Waals surface area contributed by atoms with Crippen molar-refractivity contribution in [2.24, 2.45) is 0 Å². The van der Waals surface area contributed by atoms with E-state index < -0.39 is 15.2 Å². The monoisotopic (exact) mass is 195 g/mol. The van der Waals surface area contributed by atoms with Crippen molar-refractivity contribution in [3.63, 3.8) is 0 Å². The first-order valence-electron chi connectivity index (χ1n) is 3.72. The van der Waals surface area contributed by atoms with Crippen LogP contribution in [0.3, 0.4) is 0 Å². The van der Waals surface area contributed by atoms with Crippen molar-refractivity contribution >= 4 is 15.2 Å². The topological polar surface area (TPSA) is 54.4 Å². The normalized spacial score (nSPS) is 39.1. The maximum absolute atomic E-state index is 11.6. The van der Waals surface area contributed by atoms with Gasteiger partial charge in [-0.2, -0.15) is 4.89 Å². The fourth-order valence-corrected chi connectivity index (χ4v) is 5.79. The first-order chi connectivity index (χ1) is 5.02. The average Bonchev–Trinajstić information content (AvgIpc) is 2.10. The Kier molecular flexibility index (Phi) is 2.85. The quantitative estimate of drug-likeness (QED) is 0.684. The molecule has 1 N–H and O–H groups in total.